The highest BCUT2D eigenvalue weighted by Crippen LogP contribution is 2.25. The van der Waals surface area contributed by atoms with Crippen molar-refractivity contribution in [3.05, 3.63) is 0 Å². The van der Waals surface area contributed by atoms with Gasteiger partial charge >= 0.3 is 0 Å². The van der Waals surface area contributed by atoms with Gasteiger partial charge in [0, 0.05) is 19.5 Å². The van der Waals surface area contributed by atoms with E-state index in [2.05, 4.69) is 25.7 Å². The smallest absolute Gasteiger partial charge is 0.112 e. The quantitative estimate of drug-likeness (QED) is 0.698. The van der Waals surface area contributed by atoms with E-state index < -0.39 is 0 Å². The van der Waals surface area contributed by atoms with Crippen LogP contribution in [0.2, 0.25) is 0 Å². The lowest BCUT2D eigenvalue weighted by atomic mass is 9.94. The van der Waals surface area contributed by atoms with Gasteiger partial charge in [-0.15, -0.1) is 0 Å². The molecule has 2 nitrogen and oxygen atoms in total. The molecule has 15 heavy (non-hydrogen) atoms. The Morgan fingerprint density at radius 2 is 1.60 bits per heavy atom. The van der Waals surface area contributed by atoms with Crippen LogP contribution in [0.1, 0.15) is 52.9 Å². The standard InChI is InChI=1S/C10H19NO.C3H8/c1-2-9-3-6-11(7-4-9)10-5-8-12-10;1-3-2/h9-10H,2-8H2,1H3;3H2,1-2H3. The molecular formula is C13H27NO. The lowest BCUT2D eigenvalue weighted by Gasteiger charge is -2.41. The summed E-state index contributed by atoms with van der Waals surface area (Å²) in [6.45, 7) is 10.1. The fourth-order valence-electron chi connectivity index (χ4n) is 2.16. The Kier molecular flexibility index (Phi) is 6.26. The van der Waals surface area contributed by atoms with Gasteiger partial charge < -0.3 is 4.74 Å². The highest BCUT2D eigenvalue weighted by molar-refractivity contribution is 4.76. The van der Waals surface area contributed by atoms with E-state index in [-0.39, 0.29) is 0 Å². The van der Waals surface area contributed by atoms with E-state index in [1.807, 2.05) is 0 Å². The third-order valence-electron chi connectivity index (χ3n) is 3.31. The first kappa shape index (κ1) is 13.0. The number of likely N-dealkylation sites (tertiary alicyclic amines) is 1. The predicted molar refractivity (Wildman–Crippen MR) is 64.9 cm³/mol. The maximum Gasteiger partial charge on any atom is 0.112 e. The summed E-state index contributed by atoms with van der Waals surface area (Å²) in [4.78, 5) is 2.51. The molecule has 0 aliphatic carbocycles. The molecule has 0 aromatic carbocycles. The zero-order chi connectivity index (χ0) is 11.1. The Labute approximate surface area is 95.0 Å². The number of hydrogen-bond acceptors (Lipinski definition) is 2. The molecule has 2 aliphatic rings. The highest BCUT2D eigenvalue weighted by Gasteiger charge is 2.28. The van der Waals surface area contributed by atoms with Gasteiger partial charge in [0.1, 0.15) is 6.23 Å². The first-order valence-corrected chi connectivity index (χ1v) is 6.67. The van der Waals surface area contributed by atoms with Gasteiger partial charge in [0.05, 0.1) is 6.61 Å². The molecule has 2 heteroatoms. The number of piperidine rings is 1. The highest BCUT2D eigenvalue weighted by atomic mass is 16.5. The number of hydrogen-bond donors (Lipinski definition) is 0. The van der Waals surface area contributed by atoms with Crippen molar-refractivity contribution in [1.29, 1.82) is 0 Å². The van der Waals surface area contributed by atoms with Crippen LogP contribution in [-0.2, 0) is 4.74 Å². The molecule has 0 amide bonds. The molecule has 1 unspecified atom stereocenters. The van der Waals surface area contributed by atoms with Crippen LogP contribution in [0.5, 0.6) is 0 Å². The van der Waals surface area contributed by atoms with Gasteiger partial charge in [-0.2, -0.15) is 0 Å². The third kappa shape index (κ3) is 4.12. The maximum atomic E-state index is 5.46. The molecule has 0 N–H and O–H groups in total. The van der Waals surface area contributed by atoms with Crippen LogP contribution in [0.4, 0.5) is 0 Å². The lowest BCUT2D eigenvalue weighted by molar-refractivity contribution is -0.151. The molecular weight excluding hydrogens is 186 g/mol. The van der Waals surface area contributed by atoms with E-state index in [1.54, 1.807) is 0 Å². The van der Waals surface area contributed by atoms with Crippen molar-refractivity contribution < 1.29 is 4.74 Å². The molecule has 0 radical (unpaired) electrons. The minimum atomic E-state index is 0.489. The van der Waals surface area contributed by atoms with Crippen molar-refractivity contribution in [2.75, 3.05) is 19.7 Å². The van der Waals surface area contributed by atoms with Crippen molar-refractivity contribution in [2.24, 2.45) is 5.92 Å². The monoisotopic (exact) mass is 213 g/mol. The third-order valence-corrected chi connectivity index (χ3v) is 3.31. The molecule has 2 heterocycles. The second-order valence-corrected chi connectivity index (χ2v) is 4.71. The van der Waals surface area contributed by atoms with Crippen molar-refractivity contribution >= 4 is 0 Å². The first-order chi connectivity index (χ1) is 7.31. The predicted octanol–water partition coefficient (Wildman–Crippen LogP) is 3.27. The number of rotatable bonds is 2. The average Bonchev–Trinajstić information content (AvgIpc) is 2.18. The number of ether oxygens (including phenoxy) is 1. The van der Waals surface area contributed by atoms with Crippen LogP contribution in [0.3, 0.4) is 0 Å². The molecule has 2 fully saturated rings. The van der Waals surface area contributed by atoms with Gasteiger partial charge in [0.25, 0.3) is 0 Å². The van der Waals surface area contributed by atoms with E-state index in [0.29, 0.717) is 6.23 Å². The molecule has 0 spiro atoms. The average molecular weight is 213 g/mol. The largest absolute Gasteiger partial charge is 0.363 e. The molecule has 2 rings (SSSR count). The van der Waals surface area contributed by atoms with Gasteiger partial charge in [-0.3, -0.25) is 4.90 Å². The minimum Gasteiger partial charge on any atom is -0.363 e. The van der Waals surface area contributed by atoms with E-state index in [9.17, 15) is 0 Å². The summed E-state index contributed by atoms with van der Waals surface area (Å²) in [5, 5.41) is 0. The summed E-state index contributed by atoms with van der Waals surface area (Å²) in [6, 6.07) is 0. The van der Waals surface area contributed by atoms with Gasteiger partial charge in [-0.1, -0.05) is 33.6 Å². The second-order valence-electron chi connectivity index (χ2n) is 4.71. The normalized spacial score (nSPS) is 27.8. The van der Waals surface area contributed by atoms with Crippen LogP contribution < -0.4 is 0 Å². The SMILES string of the molecule is CCC.CCC1CCN(C2CCO2)CC1. The van der Waals surface area contributed by atoms with Crippen LogP contribution >= 0.6 is 0 Å². The van der Waals surface area contributed by atoms with Crippen LogP contribution in [0.25, 0.3) is 0 Å². The molecule has 0 saturated carbocycles. The van der Waals surface area contributed by atoms with E-state index in [0.717, 1.165) is 12.5 Å². The Hall–Kier alpha value is -0.0800. The molecule has 0 aromatic heterocycles. The van der Waals surface area contributed by atoms with Crippen molar-refractivity contribution in [3.63, 3.8) is 0 Å². The van der Waals surface area contributed by atoms with Gasteiger partial charge in [0.15, 0.2) is 0 Å². The van der Waals surface area contributed by atoms with Crippen LogP contribution in [-0.4, -0.2) is 30.8 Å². The Morgan fingerprint density at radius 3 is 1.93 bits per heavy atom. The van der Waals surface area contributed by atoms with Gasteiger partial charge in [0.2, 0.25) is 0 Å². The van der Waals surface area contributed by atoms with E-state index in [4.69, 9.17) is 4.74 Å². The molecule has 90 valence electrons. The van der Waals surface area contributed by atoms with Crippen molar-refractivity contribution in [1.82, 2.24) is 4.90 Å². The first-order valence-electron chi connectivity index (χ1n) is 6.67. The summed E-state index contributed by atoms with van der Waals surface area (Å²) in [6.07, 6.45) is 7.13. The fourth-order valence-corrected chi connectivity index (χ4v) is 2.16. The zero-order valence-electron chi connectivity index (χ0n) is 10.7. The number of nitrogens with zero attached hydrogens (tertiary/aromatic N) is 1. The Balaban J connectivity index is 0.000000337. The maximum absolute atomic E-state index is 5.46. The van der Waals surface area contributed by atoms with Crippen LogP contribution in [0, 0.1) is 5.92 Å². The summed E-state index contributed by atoms with van der Waals surface area (Å²) in [5.41, 5.74) is 0. The summed E-state index contributed by atoms with van der Waals surface area (Å²) in [7, 11) is 0. The second kappa shape index (κ2) is 7.24. The lowest BCUT2D eigenvalue weighted by Crippen LogP contribution is -2.48. The molecule has 2 aliphatic heterocycles. The topological polar surface area (TPSA) is 12.5 Å². The Morgan fingerprint density at radius 1 is 1.07 bits per heavy atom. The van der Waals surface area contributed by atoms with E-state index in [1.165, 1.54) is 45.2 Å². The molecule has 0 aromatic rings. The summed E-state index contributed by atoms with van der Waals surface area (Å²) < 4.78 is 5.46. The summed E-state index contributed by atoms with van der Waals surface area (Å²) >= 11 is 0. The van der Waals surface area contributed by atoms with Crippen molar-refractivity contribution in [2.45, 2.75) is 59.1 Å². The van der Waals surface area contributed by atoms with Gasteiger partial charge in [-0.05, 0) is 18.8 Å². The summed E-state index contributed by atoms with van der Waals surface area (Å²) in [5.74, 6) is 0.987. The molecule has 0 bridgehead atoms. The minimum absolute atomic E-state index is 0.489. The van der Waals surface area contributed by atoms with Gasteiger partial charge in [-0.25, -0.2) is 0 Å². The zero-order valence-corrected chi connectivity index (χ0v) is 10.7. The fraction of sp³-hybridized carbons (Fsp3) is 1.00. The molecule has 1 atom stereocenters. The van der Waals surface area contributed by atoms with Crippen molar-refractivity contribution in [3.8, 4) is 0 Å². The van der Waals surface area contributed by atoms with E-state index >= 15 is 0 Å². The van der Waals surface area contributed by atoms with Crippen LogP contribution in [0.15, 0.2) is 0 Å². The molecule has 2 saturated heterocycles. The Bertz CT molecular complexity index is 149.